The molecule has 1 fully saturated rings. The van der Waals surface area contributed by atoms with Gasteiger partial charge in [-0.3, -0.25) is 0 Å². The van der Waals surface area contributed by atoms with Gasteiger partial charge in [0.1, 0.15) is 0 Å². The summed E-state index contributed by atoms with van der Waals surface area (Å²) in [6, 6.07) is 4.90. The third kappa shape index (κ3) is 3.43. The highest BCUT2D eigenvalue weighted by molar-refractivity contribution is 5.54. The van der Waals surface area contributed by atoms with E-state index in [1.807, 2.05) is 12.1 Å². The summed E-state index contributed by atoms with van der Waals surface area (Å²) in [5.41, 5.74) is 1.16. The fraction of sp³-hybridized carbons (Fsp3) is 0.647. The maximum atomic E-state index is 5.43. The Bertz CT molecular complexity index is 450. The second-order valence-corrected chi connectivity index (χ2v) is 5.86. The van der Waals surface area contributed by atoms with Gasteiger partial charge in [0.05, 0.1) is 21.3 Å². The average molecular weight is 293 g/mol. The molecule has 0 aromatic heterocycles. The Balaban J connectivity index is 2.22. The Kier molecular flexibility index (Phi) is 5.34. The molecular weight excluding hydrogens is 266 g/mol. The minimum atomic E-state index is 0.254. The summed E-state index contributed by atoms with van der Waals surface area (Å²) in [7, 11) is 4.93. The largest absolute Gasteiger partial charge is 0.493 e. The van der Waals surface area contributed by atoms with Gasteiger partial charge in [0.25, 0.3) is 0 Å². The molecule has 4 nitrogen and oxygen atoms in total. The van der Waals surface area contributed by atoms with Gasteiger partial charge < -0.3 is 19.5 Å². The highest BCUT2D eigenvalue weighted by atomic mass is 16.5. The van der Waals surface area contributed by atoms with Crippen LogP contribution >= 0.6 is 0 Å². The first-order valence-corrected chi connectivity index (χ1v) is 7.66. The van der Waals surface area contributed by atoms with Crippen LogP contribution in [0.5, 0.6) is 17.2 Å². The summed E-state index contributed by atoms with van der Waals surface area (Å²) in [6.07, 6.45) is 3.90. The topological polar surface area (TPSA) is 39.7 Å². The lowest BCUT2D eigenvalue weighted by atomic mass is 10.0. The quantitative estimate of drug-likeness (QED) is 0.870. The van der Waals surface area contributed by atoms with E-state index in [4.69, 9.17) is 14.2 Å². The molecule has 0 radical (unpaired) electrons. The van der Waals surface area contributed by atoms with Gasteiger partial charge in [0.15, 0.2) is 11.5 Å². The SMILES string of the molecule is COc1cc(C(C)NC2CCCC2C)cc(OC)c1OC. The fourth-order valence-electron chi connectivity index (χ4n) is 3.16. The van der Waals surface area contributed by atoms with E-state index in [1.165, 1.54) is 19.3 Å². The second-order valence-electron chi connectivity index (χ2n) is 5.86. The van der Waals surface area contributed by atoms with Crippen molar-refractivity contribution in [2.24, 2.45) is 5.92 Å². The first kappa shape index (κ1) is 16.0. The molecule has 0 aliphatic heterocycles. The molecule has 0 amide bonds. The minimum absolute atomic E-state index is 0.254. The Morgan fingerprint density at radius 2 is 1.67 bits per heavy atom. The summed E-state index contributed by atoms with van der Waals surface area (Å²) in [6.45, 7) is 4.51. The Morgan fingerprint density at radius 1 is 1.05 bits per heavy atom. The number of hydrogen-bond acceptors (Lipinski definition) is 4. The molecule has 118 valence electrons. The second kappa shape index (κ2) is 7.03. The minimum Gasteiger partial charge on any atom is -0.493 e. The molecule has 1 saturated carbocycles. The Hall–Kier alpha value is -1.42. The molecule has 1 aromatic carbocycles. The lowest BCUT2D eigenvalue weighted by molar-refractivity contribution is 0.322. The number of benzene rings is 1. The van der Waals surface area contributed by atoms with Crippen molar-refractivity contribution in [1.82, 2.24) is 5.32 Å². The predicted molar refractivity (Wildman–Crippen MR) is 84.5 cm³/mol. The van der Waals surface area contributed by atoms with Crippen molar-refractivity contribution in [2.75, 3.05) is 21.3 Å². The Labute approximate surface area is 127 Å². The van der Waals surface area contributed by atoms with E-state index in [9.17, 15) is 0 Å². The average Bonchev–Trinajstić information content (AvgIpc) is 2.90. The first-order chi connectivity index (χ1) is 10.1. The van der Waals surface area contributed by atoms with Crippen LogP contribution in [-0.2, 0) is 0 Å². The number of hydrogen-bond donors (Lipinski definition) is 1. The molecule has 4 heteroatoms. The van der Waals surface area contributed by atoms with Crippen molar-refractivity contribution in [3.63, 3.8) is 0 Å². The van der Waals surface area contributed by atoms with E-state index in [-0.39, 0.29) is 6.04 Å². The molecule has 0 saturated heterocycles. The number of nitrogens with one attached hydrogen (secondary N) is 1. The molecule has 1 aliphatic rings. The van der Waals surface area contributed by atoms with Crippen molar-refractivity contribution in [3.05, 3.63) is 17.7 Å². The Morgan fingerprint density at radius 3 is 2.10 bits per heavy atom. The van der Waals surface area contributed by atoms with Crippen LogP contribution in [0, 0.1) is 5.92 Å². The van der Waals surface area contributed by atoms with Gasteiger partial charge in [0.2, 0.25) is 5.75 Å². The molecule has 1 aliphatic carbocycles. The predicted octanol–water partition coefficient (Wildman–Crippen LogP) is 3.55. The molecule has 2 rings (SSSR count). The monoisotopic (exact) mass is 293 g/mol. The summed E-state index contributed by atoms with van der Waals surface area (Å²) in [5, 5.41) is 3.73. The smallest absolute Gasteiger partial charge is 0.203 e. The highest BCUT2D eigenvalue weighted by Gasteiger charge is 2.25. The lowest BCUT2D eigenvalue weighted by Gasteiger charge is -2.24. The van der Waals surface area contributed by atoms with E-state index >= 15 is 0 Å². The molecule has 0 spiro atoms. The summed E-state index contributed by atoms with van der Waals surface area (Å²) in [5.74, 6) is 2.81. The van der Waals surface area contributed by atoms with E-state index in [0.717, 1.165) is 11.5 Å². The van der Waals surface area contributed by atoms with Crippen LogP contribution in [0.2, 0.25) is 0 Å². The maximum Gasteiger partial charge on any atom is 0.203 e. The van der Waals surface area contributed by atoms with E-state index in [1.54, 1.807) is 21.3 Å². The normalized spacial score (nSPS) is 22.9. The molecule has 3 unspecified atom stereocenters. The van der Waals surface area contributed by atoms with Crippen LogP contribution in [0.15, 0.2) is 12.1 Å². The number of rotatable bonds is 6. The molecule has 1 N–H and O–H groups in total. The standard InChI is InChI=1S/C17H27NO3/c1-11-7-6-8-14(11)18-12(2)13-9-15(19-3)17(21-5)16(10-13)20-4/h9-12,14,18H,6-8H2,1-5H3. The van der Waals surface area contributed by atoms with Crippen molar-refractivity contribution in [2.45, 2.75) is 45.2 Å². The third-order valence-electron chi connectivity index (χ3n) is 4.51. The summed E-state index contributed by atoms with van der Waals surface area (Å²) < 4.78 is 16.2. The molecule has 0 bridgehead atoms. The number of methoxy groups -OCH3 is 3. The zero-order chi connectivity index (χ0) is 15.4. The fourth-order valence-corrected chi connectivity index (χ4v) is 3.16. The summed E-state index contributed by atoms with van der Waals surface area (Å²) >= 11 is 0. The van der Waals surface area contributed by atoms with Crippen molar-refractivity contribution in [3.8, 4) is 17.2 Å². The van der Waals surface area contributed by atoms with Crippen molar-refractivity contribution < 1.29 is 14.2 Å². The molecule has 1 aromatic rings. The van der Waals surface area contributed by atoms with Crippen LogP contribution in [0.4, 0.5) is 0 Å². The van der Waals surface area contributed by atoms with Gasteiger partial charge in [-0.25, -0.2) is 0 Å². The van der Waals surface area contributed by atoms with Gasteiger partial charge in [-0.2, -0.15) is 0 Å². The van der Waals surface area contributed by atoms with E-state index < -0.39 is 0 Å². The van der Waals surface area contributed by atoms with Gasteiger partial charge in [-0.15, -0.1) is 0 Å². The van der Waals surface area contributed by atoms with Crippen LogP contribution in [0.3, 0.4) is 0 Å². The van der Waals surface area contributed by atoms with Gasteiger partial charge >= 0.3 is 0 Å². The number of ether oxygens (including phenoxy) is 3. The molecule has 0 heterocycles. The molecule has 21 heavy (non-hydrogen) atoms. The van der Waals surface area contributed by atoms with Gasteiger partial charge in [-0.1, -0.05) is 13.3 Å². The van der Waals surface area contributed by atoms with Crippen LogP contribution in [0.25, 0.3) is 0 Å². The summed E-state index contributed by atoms with van der Waals surface area (Å²) in [4.78, 5) is 0. The van der Waals surface area contributed by atoms with E-state index in [0.29, 0.717) is 23.3 Å². The first-order valence-electron chi connectivity index (χ1n) is 7.66. The molecular formula is C17H27NO3. The third-order valence-corrected chi connectivity index (χ3v) is 4.51. The lowest BCUT2D eigenvalue weighted by Crippen LogP contribution is -2.33. The van der Waals surface area contributed by atoms with Gasteiger partial charge in [0, 0.05) is 12.1 Å². The maximum absolute atomic E-state index is 5.43. The van der Waals surface area contributed by atoms with Crippen LogP contribution < -0.4 is 19.5 Å². The van der Waals surface area contributed by atoms with E-state index in [2.05, 4.69) is 19.2 Å². The van der Waals surface area contributed by atoms with Crippen LogP contribution in [-0.4, -0.2) is 27.4 Å². The van der Waals surface area contributed by atoms with Gasteiger partial charge in [-0.05, 0) is 43.4 Å². The molecule has 3 atom stereocenters. The zero-order valence-corrected chi connectivity index (χ0v) is 13.7. The van der Waals surface area contributed by atoms with Crippen LogP contribution in [0.1, 0.15) is 44.7 Å². The highest BCUT2D eigenvalue weighted by Crippen LogP contribution is 2.40. The van der Waals surface area contributed by atoms with Crippen molar-refractivity contribution >= 4 is 0 Å². The van der Waals surface area contributed by atoms with Crippen molar-refractivity contribution in [1.29, 1.82) is 0 Å². The zero-order valence-electron chi connectivity index (χ0n) is 13.7.